The van der Waals surface area contributed by atoms with Crippen LogP contribution in [0.3, 0.4) is 0 Å². The molecule has 0 amide bonds. The molecule has 2 aliphatic heterocycles. The molecule has 0 saturated carbocycles. The molecular weight excluding hydrogens is 554 g/mol. The van der Waals surface area contributed by atoms with Crippen LogP contribution in [0.1, 0.15) is 25.3 Å². The van der Waals surface area contributed by atoms with Crippen LogP contribution in [0.25, 0.3) is 11.2 Å². The Morgan fingerprint density at radius 1 is 1.18 bits per heavy atom. The first kappa shape index (κ1) is 29.8. The number of aliphatic hydroxyl groups excluding tert-OH is 2. The summed E-state index contributed by atoms with van der Waals surface area (Å²) >= 11 is 0. The second-order valence-corrected chi connectivity index (χ2v) is 10.0. The van der Waals surface area contributed by atoms with E-state index in [-0.39, 0.29) is 65.3 Å². The largest absolute Gasteiger partial charge is 1.00 e. The molecule has 3 aromatic heterocycles. The van der Waals surface area contributed by atoms with Crippen LogP contribution in [0.4, 0.5) is 11.8 Å². The van der Waals surface area contributed by atoms with E-state index < -0.39 is 69.2 Å². The summed E-state index contributed by atoms with van der Waals surface area (Å²) in [5.74, 6) is -0.133. The van der Waals surface area contributed by atoms with E-state index in [1.807, 2.05) is 0 Å². The molecule has 0 bridgehead atoms. The first-order valence-corrected chi connectivity index (χ1v) is 12.8. The van der Waals surface area contributed by atoms with Crippen molar-refractivity contribution in [2.24, 2.45) is 0 Å². The van der Waals surface area contributed by atoms with Crippen molar-refractivity contribution in [3.05, 3.63) is 39.4 Å². The molecule has 0 spiro atoms. The average molecular weight is 578 g/mol. The normalized spacial score (nSPS) is 28.4. The van der Waals surface area contributed by atoms with Gasteiger partial charge in [-0.3, -0.25) is 23.5 Å². The van der Waals surface area contributed by atoms with E-state index in [0.717, 1.165) is 4.57 Å². The number of aromatic nitrogens is 6. The third kappa shape index (κ3) is 6.26. The molecule has 1 unspecified atom stereocenters. The van der Waals surface area contributed by atoms with Gasteiger partial charge in [0.2, 0.25) is 5.95 Å². The Hall–Kier alpha value is -2.22. The Kier molecular flexibility index (Phi) is 8.94. The van der Waals surface area contributed by atoms with Gasteiger partial charge in [0.05, 0.1) is 31.7 Å². The molecule has 0 aromatic carbocycles. The van der Waals surface area contributed by atoms with E-state index in [1.165, 1.54) is 23.2 Å². The summed E-state index contributed by atoms with van der Waals surface area (Å²) < 4.78 is 36.4. The number of anilines is 2. The summed E-state index contributed by atoms with van der Waals surface area (Å²) in [6.07, 6.45) is -3.73. The van der Waals surface area contributed by atoms with Gasteiger partial charge in [-0.2, -0.15) is 9.97 Å². The fourth-order valence-corrected chi connectivity index (χ4v) is 5.29. The van der Waals surface area contributed by atoms with Crippen molar-refractivity contribution in [3.63, 3.8) is 0 Å². The fourth-order valence-electron chi connectivity index (χ4n) is 4.34. The number of hydrogen-bond donors (Lipinski definition) is 5. The average Bonchev–Trinajstić information content (AvgIpc) is 3.54. The first-order chi connectivity index (χ1) is 18.0. The van der Waals surface area contributed by atoms with Gasteiger partial charge in [-0.05, 0) is 6.07 Å². The van der Waals surface area contributed by atoms with Crippen molar-refractivity contribution in [1.29, 1.82) is 0 Å². The van der Waals surface area contributed by atoms with Crippen molar-refractivity contribution in [2.75, 3.05) is 24.7 Å². The molecule has 18 nitrogen and oxygen atoms in total. The molecular formula is C19H24N8NaO10P. The van der Waals surface area contributed by atoms with Crippen LogP contribution in [0.2, 0.25) is 0 Å². The Morgan fingerprint density at radius 2 is 1.90 bits per heavy atom. The minimum Gasteiger partial charge on any atom is -0.756 e. The number of phosphoric acid groups is 1. The number of imidazole rings is 1. The van der Waals surface area contributed by atoms with Crippen molar-refractivity contribution >= 4 is 30.8 Å². The van der Waals surface area contributed by atoms with Gasteiger partial charge in [0.25, 0.3) is 13.4 Å². The molecule has 39 heavy (non-hydrogen) atoms. The first-order valence-electron chi connectivity index (χ1n) is 11.4. The molecule has 7 N–H and O–H groups in total. The SMILES string of the molecule is Nc1ccn([C@H]2C[C@H](OP(=O)([O-])OC[C@H]3O[C@@H](n4cnc5c(=O)[nH]c(N)nc54)C[C@@H]3O)[C@@H](CO)O2)c(=O)n1.[Na+]. The Morgan fingerprint density at radius 3 is 2.62 bits per heavy atom. The van der Waals surface area contributed by atoms with Crippen LogP contribution in [0.15, 0.2) is 28.2 Å². The van der Waals surface area contributed by atoms with E-state index >= 15 is 0 Å². The van der Waals surface area contributed by atoms with E-state index in [4.69, 9.17) is 30.0 Å². The Labute approximate surface area is 240 Å². The summed E-state index contributed by atoms with van der Waals surface area (Å²) in [5, 5.41) is 20.0. The number of aliphatic hydroxyl groups is 2. The number of rotatable bonds is 8. The predicted molar refractivity (Wildman–Crippen MR) is 124 cm³/mol. The molecule has 7 atom stereocenters. The van der Waals surface area contributed by atoms with Crippen molar-refractivity contribution in [2.45, 2.75) is 49.7 Å². The third-order valence-electron chi connectivity index (χ3n) is 6.15. The number of ether oxygens (including phenoxy) is 2. The minimum absolute atomic E-state index is 0. The third-order valence-corrected chi connectivity index (χ3v) is 7.14. The molecule has 2 saturated heterocycles. The Bertz CT molecular complexity index is 1500. The van der Waals surface area contributed by atoms with E-state index in [0.29, 0.717) is 0 Å². The van der Waals surface area contributed by atoms with Crippen LogP contribution in [0.5, 0.6) is 0 Å². The monoisotopic (exact) mass is 578 g/mol. The summed E-state index contributed by atoms with van der Waals surface area (Å²) in [6, 6.07) is 1.37. The smallest absolute Gasteiger partial charge is 0.756 e. The van der Waals surface area contributed by atoms with Gasteiger partial charge in [-0.25, -0.2) is 9.78 Å². The predicted octanol–water partition coefficient (Wildman–Crippen LogP) is -5.66. The number of nitrogen functional groups attached to an aromatic ring is 2. The zero-order chi connectivity index (χ0) is 27.2. The topological polar surface area (TPSA) is 268 Å². The summed E-state index contributed by atoms with van der Waals surface area (Å²) in [6.45, 7) is -1.19. The second kappa shape index (κ2) is 11.7. The number of nitrogens with two attached hydrogens (primary N) is 2. The van der Waals surface area contributed by atoms with Gasteiger partial charge in [0.15, 0.2) is 11.2 Å². The second-order valence-electron chi connectivity index (χ2n) is 8.68. The van der Waals surface area contributed by atoms with Crippen LogP contribution < -0.4 is 57.2 Å². The summed E-state index contributed by atoms with van der Waals surface area (Å²) in [5.41, 5.74) is 9.95. The molecule has 0 radical (unpaired) electrons. The Balaban J connectivity index is 0.00000353. The van der Waals surface area contributed by atoms with E-state index in [1.54, 1.807) is 0 Å². The standard InChI is InChI=1S/C19H25N8O10P.Na/c20-12-1-2-26(19(31)23-12)14-4-9(10(5-28)35-14)37-38(32,33)34-6-11-8(29)3-13(36-11)27-7-22-15-16(27)24-18(21)25-17(15)30;/h1-2,7-11,13-14,28-29H,3-6H2,(H,32,33)(H2,20,23,31)(H3,21,24,25,30);/q;+1/p-1/t8-,9-,10+,11+,13+,14+;/m0./s1. The molecule has 3 aromatic rings. The number of fused-ring (bicyclic) bond motifs is 1. The number of phosphoric ester groups is 1. The molecule has 5 heterocycles. The number of hydrogen-bond acceptors (Lipinski definition) is 15. The van der Waals surface area contributed by atoms with Crippen molar-refractivity contribution in [1.82, 2.24) is 29.1 Å². The van der Waals surface area contributed by atoms with Crippen LogP contribution >= 0.6 is 7.82 Å². The maximum absolute atomic E-state index is 12.6. The quantitative estimate of drug-likeness (QED) is 0.123. The summed E-state index contributed by atoms with van der Waals surface area (Å²) in [7, 11) is -4.99. The van der Waals surface area contributed by atoms with Crippen molar-refractivity contribution < 1.29 is 67.8 Å². The zero-order valence-electron chi connectivity index (χ0n) is 20.5. The zero-order valence-corrected chi connectivity index (χ0v) is 23.4. The van der Waals surface area contributed by atoms with Gasteiger partial charge in [-0.1, -0.05) is 0 Å². The maximum atomic E-state index is 12.6. The van der Waals surface area contributed by atoms with Crippen LogP contribution in [-0.4, -0.2) is 76.9 Å². The molecule has 2 fully saturated rings. The van der Waals surface area contributed by atoms with Crippen molar-refractivity contribution in [3.8, 4) is 0 Å². The van der Waals surface area contributed by atoms with E-state index in [2.05, 4.69) is 19.9 Å². The maximum Gasteiger partial charge on any atom is 1.00 e. The molecule has 0 aliphatic carbocycles. The van der Waals surface area contributed by atoms with Gasteiger partial charge in [0, 0.05) is 19.0 Å². The number of nitrogens with zero attached hydrogens (tertiary/aromatic N) is 5. The number of nitrogens with one attached hydrogen (secondary N) is 1. The molecule has 206 valence electrons. The molecule has 5 rings (SSSR count). The number of aromatic amines is 1. The fraction of sp³-hybridized carbons (Fsp3) is 0.526. The van der Waals surface area contributed by atoms with Gasteiger partial charge in [0.1, 0.15) is 30.5 Å². The molecule has 20 heteroatoms. The summed E-state index contributed by atoms with van der Waals surface area (Å²) in [4.78, 5) is 50.6. The van der Waals surface area contributed by atoms with Gasteiger partial charge in [-0.15, -0.1) is 0 Å². The van der Waals surface area contributed by atoms with Crippen LogP contribution in [0, 0.1) is 0 Å². The van der Waals surface area contributed by atoms with Crippen LogP contribution in [-0.2, 0) is 23.1 Å². The van der Waals surface area contributed by atoms with E-state index in [9.17, 15) is 29.3 Å². The number of H-pyrrole nitrogens is 1. The molecule has 2 aliphatic rings. The minimum atomic E-state index is -4.99. The van der Waals surface area contributed by atoms with Gasteiger partial charge < -0.3 is 45.1 Å². The van der Waals surface area contributed by atoms with Gasteiger partial charge >= 0.3 is 35.2 Å².